The smallest absolute Gasteiger partial charge is 0.317 e. The lowest BCUT2D eigenvalue weighted by atomic mass is 9.84. The summed E-state index contributed by atoms with van der Waals surface area (Å²) >= 11 is 0. The van der Waals surface area contributed by atoms with E-state index in [2.05, 4.69) is 17.6 Å². The fourth-order valence-corrected chi connectivity index (χ4v) is 3.55. The number of amides is 3. The first-order chi connectivity index (χ1) is 10.1. The summed E-state index contributed by atoms with van der Waals surface area (Å²) in [7, 11) is 0. The van der Waals surface area contributed by atoms with Crippen molar-refractivity contribution in [1.82, 2.24) is 15.5 Å². The minimum Gasteiger partial charge on any atom is -0.352 e. The molecule has 2 rings (SSSR count). The van der Waals surface area contributed by atoms with Gasteiger partial charge in [0.1, 0.15) is 0 Å². The van der Waals surface area contributed by atoms with Gasteiger partial charge >= 0.3 is 6.03 Å². The Labute approximate surface area is 127 Å². The van der Waals surface area contributed by atoms with Crippen molar-refractivity contribution < 1.29 is 9.59 Å². The molecule has 2 fully saturated rings. The van der Waals surface area contributed by atoms with Crippen LogP contribution in [0.15, 0.2) is 0 Å². The number of likely N-dealkylation sites (tertiary alicyclic amines) is 1. The Bertz CT molecular complexity index is 365. The van der Waals surface area contributed by atoms with Gasteiger partial charge in [0.05, 0.1) is 0 Å². The van der Waals surface area contributed by atoms with E-state index in [-0.39, 0.29) is 18.0 Å². The van der Waals surface area contributed by atoms with Crippen LogP contribution in [0.2, 0.25) is 0 Å². The summed E-state index contributed by atoms with van der Waals surface area (Å²) in [5, 5.41) is 6.10. The molecule has 120 valence electrons. The first-order valence-electron chi connectivity index (χ1n) is 8.41. The minimum absolute atomic E-state index is 0.0138. The van der Waals surface area contributed by atoms with E-state index in [9.17, 15) is 9.59 Å². The minimum atomic E-state index is -0.0138. The molecule has 2 N–H and O–H groups in total. The van der Waals surface area contributed by atoms with Crippen LogP contribution in [0, 0.1) is 5.92 Å². The summed E-state index contributed by atoms with van der Waals surface area (Å²) < 4.78 is 0. The highest BCUT2D eigenvalue weighted by molar-refractivity contribution is 5.75. The SMILES string of the molecule is CCC1CCC(NC(=O)N2CCC[C@H](NC(C)=O)C2)CC1. The Balaban J connectivity index is 1.76. The average Bonchev–Trinajstić information content (AvgIpc) is 2.47. The van der Waals surface area contributed by atoms with Crippen LogP contribution in [0.4, 0.5) is 4.79 Å². The third-order valence-electron chi connectivity index (χ3n) is 4.87. The lowest BCUT2D eigenvalue weighted by molar-refractivity contribution is -0.119. The van der Waals surface area contributed by atoms with Crippen LogP contribution >= 0.6 is 0 Å². The maximum Gasteiger partial charge on any atom is 0.317 e. The van der Waals surface area contributed by atoms with E-state index < -0.39 is 0 Å². The topological polar surface area (TPSA) is 61.4 Å². The van der Waals surface area contributed by atoms with Gasteiger partial charge in [0.25, 0.3) is 0 Å². The van der Waals surface area contributed by atoms with E-state index in [0.717, 1.165) is 38.1 Å². The zero-order valence-corrected chi connectivity index (χ0v) is 13.4. The number of carbonyl (C=O) groups excluding carboxylic acids is 2. The summed E-state index contributed by atoms with van der Waals surface area (Å²) in [6.07, 6.45) is 7.85. The van der Waals surface area contributed by atoms with E-state index >= 15 is 0 Å². The largest absolute Gasteiger partial charge is 0.352 e. The summed E-state index contributed by atoms with van der Waals surface area (Å²) in [5.74, 6) is 0.831. The molecule has 2 aliphatic rings. The molecule has 1 saturated carbocycles. The van der Waals surface area contributed by atoms with Crippen LogP contribution in [0.5, 0.6) is 0 Å². The van der Waals surface area contributed by atoms with Gasteiger partial charge in [-0.05, 0) is 44.4 Å². The second kappa shape index (κ2) is 7.66. The summed E-state index contributed by atoms with van der Waals surface area (Å²) in [5.41, 5.74) is 0. The van der Waals surface area contributed by atoms with Gasteiger partial charge in [0.15, 0.2) is 0 Å². The molecule has 0 bridgehead atoms. The van der Waals surface area contributed by atoms with Gasteiger partial charge in [-0.25, -0.2) is 4.79 Å². The Hall–Kier alpha value is -1.26. The number of hydrogen-bond acceptors (Lipinski definition) is 2. The third-order valence-corrected chi connectivity index (χ3v) is 4.87. The summed E-state index contributed by atoms with van der Waals surface area (Å²) in [6, 6.07) is 0.490. The molecule has 0 aromatic carbocycles. The fraction of sp³-hybridized carbons (Fsp3) is 0.875. The number of nitrogens with zero attached hydrogens (tertiary/aromatic N) is 1. The van der Waals surface area contributed by atoms with Crippen molar-refractivity contribution in [2.24, 2.45) is 5.92 Å². The lowest BCUT2D eigenvalue weighted by Crippen LogP contribution is -2.53. The van der Waals surface area contributed by atoms with E-state index in [1.54, 1.807) is 0 Å². The van der Waals surface area contributed by atoms with Crippen molar-refractivity contribution in [1.29, 1.82) is 0 Å². The maximum absolute atomic E-state index is 12.4. The van der Waals surface area contributed by atoms with Crippen molar-refractivity contribution in [2.75, 3.05) is 13.1 Å². The molecule has 1 saturated heterocycles. The molecule has 5 nitrogen and oxygen atoms in total. The molecule has 0 aromatic rings. The number of rotatable bonds is 3. The number of carbonyl (C=O) groups is 2. The zero-order chi connectivity index (χ0) is 15.2. The highest BCUT2D eigenvalue weighted by Gasteiger charge is 2.27. The first kappa shape index (κ1) is 16.1. The normalized spacial score (nSPS) is 29.8. The molecule has 0 radical (unpaired) electrons. The second-order valence-corrected chi connectivity index (χ2v) is 6.56. The Morgan fingerprint density at radius 3 is 2.38 bits per heavy atom. The molecule has 1 aliphatic carbocycles. The molecule has 1 aliphatic heterocycles. The zero-order valence-electron chi connectivity index (χ0n) is 13.4. The lowest BCUT2D eigenvalue weighted by Gasteiger charge is -2.35. The molecule has 0 aromatic heterocycles. The first-order valence-corrected chi connectivity index (χ1v) is 8.41. The monoisotopic (exact) mass is 295 g/mol. The highest BCUT2D eigenvalue weighted by Crippen LogP contribution is 2.26. The molecule has 1 heterocycles. The number of urea groups is 1. The Morgan fingerprint density at radius 2 is 1.76 bits per heavy atom. The van der Waals surface area contributed by atoms with Gasteiger partial charge in [0, 0.05) is 32.1 Å². The van der Waals surface area contributed by atoms with Gasteiger partial charge in [-0.2, -0.15) is 0 Å². The molecule has 21 heavy (non-hydrogen) atoms. The molecule has 0 spiro atoms. The van der Waals surface area contributed by atoms with Crippen molar-refractivity contribution in [3.63, 3.8) is 0 Å². The van der Waals surface area contributed by atoms with Gasteiger partial charge in [-0.3, -0.25) is 4.79 Å². The molecule has 5 heteroatoms. The van der Waals surface area contributed by atoms with Crippen LogP contribution in [0.3, 0.4) is 0 Å². The van der Waals surface area contributed by atoms with Crippen LogP contribution in [-0.4, -0.2) is 42.0 Å². The number of nitrogens with one attached hydrogen (secondary N) is 2. The van der Waals surface area contributed by atoms with Crippen LogP contribution < -0.4 is 10.6 Å². The van der Waals surface area contributed by atoms with Crippen LogP contribution in [0.25, 0.3) is 0 Å². The van der Waals surface area contributed by atoms with Crippen molar-refractivity contribution in [3.8, 4) is 0 Å². The molecule has 0 unspecified atom stereocenters. The fourth-order valence-electron chi connectivity index (χ4n) is 3.55. The van der Waals surface area contributed by atoms with Crippen LogP contribution in [-0.2, 0) is 4.79 Å². The van der Waals surface area contributed by atoms with Crippen molar-refractivity contribution in [3.05, 3.63) is 0 Å². The summed E-state index contributed by atoms with van der Waals surface area (Å²) in [4.78, 5) is 25.3. The predicted octanol–water partition coefficient (Wildman–Crippen LogP) is 2.27. The van der Waals surface area contributed by atoms with Crippen molar-refractivity contribution >= 4 is 11.9 Å². The van der Waals surface area contributed by atoms with Crippen LogP contribution in [0.1, 0.15) is 58.8 Å². The summed E-state index contributed by atoms with van der Waals surface area (Å²) in [6.45, 7) is 5.21. The van der Waals surface area contributed by atoms with E-state index in [4.69, 9.17) is 0 Å². The standard InChI is InChI=1S/C16H29N3O2/c1-3-13-6-8-14(9-7-13)18-16(21)19-10-4-5-15(11-19)17-12(2)20/h13-15H,3-11H2,1-2H3,(H,17,20)(H,18,21)/t13?,14?,15-/m0/s1. The quantitative estimate of drug-likeness (QED) is 0.839. The highest BCUT2D eigenvalue weighted by atomic mass is 16.2. The van der Waals surface area contributed by atoms with Gasteiger partial charge < -0.3 is 15.5 Å². The van der Waals surface area contributed by atoms with E-state index in [1.165, 1.54) is 26.2 Å². The average molecular weight is 295 g/mol. The number of piperidine rings is 1. The van der Waals surface area contributed by atoms with Gasteiger partial charge in [-0.15, -0.1) is 0 Å². The Morgan fingerprint density at radius 1 is 1.05 bits per heavy atom. The van der Waals surface area contributed by atoms with Gasteiger partial charge in [0.2, 0.25) is 5.91 Å². The molecular formula is C16H29N3O2. The molecule has 1 atom stereocenters. The number of hydrogen-bond donors (Lipinski definition) is 2. The predicted molar refractivity (Wildman–Crippen MR) is 83.0 cm³/mol. The molecule has 3 amide bonds. The Kier molecular flexibility index (Phi) is 5.88. The second-order valence-electron chi connectivity index (χ2n) is 6.56. The maximum atomic E-state index is 12.4. The molecular weight excluding hydrogens is 266 g/mol. The van der Waals surface area contributed by atoms with Crippen molar-refractivity contribution in [2.45, 2.75) is 70.9 Å². The van der Waals surface area contributed by atoms with E-state index in [0.29, 0.717) is 12.6 Å². The van der Waals surface area contributed by atoms with Gasteiger partial charge in [-0.1, -0.05) is 13.3 Å². The third kappa shape index (κ3) is 4.90. The van der Waals surface area contributed by atoms with E-state index in [1.807, 2.05) is 4.90 Å².